The number of hydrogen-bond acceptors (Lipinski definition) is 5. The summed E-state index contributed by atoms with van der Waals surface area (Å²) in [6.45, 7) is 3.89. The Morgan fingerprint density at radius 3 is 2.45 bits per heavy atom. The maximum atomic E-state index is 12.6. The van der Waals surface area contributed by atoms with Crippen molar-refractivity contribution in [3.8, 4) is 0 Å². The van der Waals surface area contributed by atoms with Crippen molar-refractivity contribution in [3.05, 3.63) is 16.1 Å². The van der Waals surface area contributed by atoms with Crippen molar-refractivity contribution in [1.82, 2.24) is 10.3 Å². The summed E-state index contributed by atoms with van der Waals surface area (Å²) in [7, 11) is -3.37. The molecule has 0 aliphatic heterocycles. The van der Waals surface area contributed by atoms with Gasteiger partial charge in [-0.2, -0.15) is 13.2 Å². The lowest BCUT2D eigenvalue weighted by molar-refractivity contribution is -0.137. The van der Waals surface area contributed by atoms with E-state index in [1.807, 2.05) is 6.92 Å². The van der Waals surface area contributed by atoms with Crippen LogP contribution in [0, 0.1) is 0 Å². The average Bonchev–Trinajstić information content (AvgIpc) is 2.77. The Balaban J connectivity index is 3.08. The molecule has 0 aliphatic carbocycles. The first kappa shape index (κ1) is 17.4. The van der Waals surface area contributed by atoms with Crippen LogP contribution in [0.2, 0.25) is 0 Å². The van der Waals surface area contributed by atoms with Crippen LogP contribution in [0.5, 0.6) is 0 Å². The van der Waals surface area contributed by atoms with Crippen molar-refractivity contribution in [2.75, 3.05) is 12.8 Å². The summed E-state index contributed by atoms with van der Waals surface area (Å²) in [4.78, 5) is 3.62. The molecule has 1 rings (SSSR count). The number of aromatic nitrogens is 1. The van der Waals surface area contributed by atoms with Gasteiger partial charge in [0.2, 0.25) is 0 Å². The van der Waals surface area contributed by atoms with Crippen molar-refractivity contribution >= 4 is 21.2 Å². The van der Waals surface area contributed by atoms with Gasteiger partial charge in [-0.25, -0.2) is 13.4 Å². The van der Waals surface area contributed by atoms with Crippen molar-refractivity contribution in [2.45, 2.75) is 37.7 Å². The molecule has 0 fully saturated rings. The van der Waals surface area contributed by atoms with Gasteiger partial charge in [0.25, 0.3) is 0 Å². The van der Waals surface area contributed by atoms with E-state index in [2.05, 4.69) is 10.3 Å². The van der Waals surface area contributed by atoms with Crippen LogP contribution in [-0.4, -0.2) is 31.5 Å². The second kappa shape index (κ2) is 6.40. The second-order valence-corrected chi connectivity index (χ2v) is 8.00. The van der Waals surface area contributed by atoms with Crippen LogP contribution < -0.4 is 5.32 Å². The van der Waals surface area contributed by atoms with Gasteiger partial charge in [0.1, 0.15) is 0 Å². The monoisotopic (exact) mass is 330 g/mol. The maximum absolute atomic E-state index is 12.6. The highest BCUT2D eigenvalue weighted by molar-refractivity contribution is 7.91. The fourth-order valence-corrected chi connectivity index (χ4v) is 3.39. The summed E-state index contributed by atoms with van der Waals surface area (Å²) in [5.41, 5.74) is 0. The van der Waals surface area contributed by atoms with Gasteiger partial charge < -0.3 is 5.32 Å². The molecule has 116 valence electrons. The number of rotatable bonds is 6. The Morgan fingerprint density at radius 1 is 1.45 bits per heavy atom. The minimum Gasteiger partial charge on any atom is -0.308 e. The van der Waals surface area contributed by atoms with E-state index in [1.54, 1.807) is 0 Å². The molecule has 9 heteroatoms. The molecule has 1 aromatic heterocycles. The summed E-state index contributed by atoms with van der Waals surface area (Å²) in [6, 6.07) is -0.682. The first-order valence-corrected chi connectivity index (χ1v) is 8.79. The largest absolute Gasteiger partial charge is 0.443 e. The molecular weight excluding hydrogens is 313 g/mol. The average molecular weight is 330 g/mol. The third kappa shape index (κ3) is 4.42. The molecule has 0 spiro atoms. The van der Waals surface area contributed by atoms with E-state index in [-0.39, 0.29) is 4.88 Å². The van der Waals surface area contributed by atoms with E-state index < -0.39 is 32.3 Å². The highest BCUT2D eigenvalue weighted by Crippen LogP contribution is 2.35. The summed E-state index contributed by atoms with van der Waals surface area (Å²) in [5, 5.41) is 1.20. The number of nitrogens with zero attached hydrogens (tertiary/aromatic N) is 1. The Labute approximate surface area is 120 Å². The molecule has 0 amide bonds. The van der Waals surface area contributed by atoms with Crippen molar-refractivity contribution in [1.29, 1.82) is 0 Å². The number of nitrogens with one attached hydrogen (secondary N) is 1. The first-order chi connectivity index (χ1) is 9.07. The Morgan fingerprint density at radius 2 is 2.05 bits per heavy atom. The van der Waals surface area contributed by atoms with Crippen molar-refractivity contribution in [2.24, 2.45) is 0 Å². The lowest BCUT2D eigenvalue weighted by atomic mass is 10.2. The number of sulfone groups is 1. The van der Waals surface area contributed by atoms with Gasteiger partial charge in [-0.15, -0.1) is 11.3 Å². The van der Waals surface area contributed by atoms with Gasteiger partial charge in [-0.05, 0) is 19.9 Å². The Bertz CT molecular complexity index is 540. The zero-order chi connectivity index (χ0) is 15.6. The lowest BCUT2D eigenvalue weighted by Crippen LogP contribution is -2.35. The number of alkyl halides is 3. The van der Waals surface area contributed by atoms with E-state index in [1.165, 1.54) is 6.92 Å². The topological polar surface area (TPSA) is 59.1 Å². The molecule has 1 aromatic rings. The van der Waals surface area contributed by atoms with Gasteiger partial charge in [0, 0.05) is 17.3 Å². The van der Waals surface area contributed by atoms with E-state index in [0.717, 1.165) is 18.9 Å². The molecular formula is C11H17F3N2O2S2. The number of thiazole rings is 1. The SMILES string of the molecule is CCCNC(c1cnc(C(F)(F)F)s1)C(C)S(C)(=O)=O. The highest BCUT2D eigenvalue weighted by Gasteiger charge is 2.36. The molecule has 0 aliphatic rings. The fraction of sp³-hybridized carbons (Fsp3) is 0.727. The standard InChI is InChI=1S/C11H17F3N2O2S2/c1-4-5-15-9(7(2)20(3,17)18)8-6-16-10(19-8)11(12,13)14/h6-7,9,15H,4-5H2,1-3H3. The zero-order valence-corrected chi connectivity index (χ0v) is 13.0. The fourth-order valence-electron chi connectivity index (χ4n) is 1.61. The van der Waals surface area contributed by atoms with E-state index in [9.17, 15) is 21.6 Å². The van der Waals surface area contributed by atoms with Crippen molar-refractivity contribution in [3.63, 3.8) is 0 Å². The third-order valence-corrected chi connectivity index (χ3v) is 5.58. The van der Waals surface area contributed by atoms with Crippen LogP contribution in [0.15, 0.2) is 6.20 Å². The first-order valence-electron chi connectivity index (χ1n) is 6.02. The van der Waals surface area contributed by atoms with Gasteiger partial charge in [0.05, 0.1) is 11.3 Å². The molecule has 0 saturated carbocycles. The summed E-state index contributed by atoms with van der Waals surface area (Å²) in [6.07, 6.45) is -1.59. The predicted octanol–water partition coefficient (Wildman–Crippen LogP) is 2.64. The molecule has 0 radical (unpaired) electrons. The van der Waals surface area contributed by atoms with Gasteiger partial charge in [0.15, 0.2) is 14.8 Å². The van der Waals surface area contributed by atoms with Crippen LogP contribution in [0.1, 0.15) is 36.2 Å². The smallest absolute Gasteiger partial charge is 0.308 e. The minimum absolute atomic E-state index is 0.281. The minimum atomic E-state index is -4.51. The summed E-state index contributed by atoms with van der Waals surface area (Å²) >= 11 is 0.480. The molecule has 2 unspecified atom stereocenters. The van der Waals surface area contributed by atoms with Crippen LogP contribution in [0.25, 0.3) is 0 Å². The Kier molecular flexibility index (Phi) is 5.56. The van der Waals surface area contributed by atoms with Gasteiger partial charge in [-0.1, -0.05) is 6.92 Å². The lowest BCUT2D eigenvalue weighted by Gasteiger charge is -2.22. The van der Waals surface area contributed by atoms with Gasteiger partial charge >= 0.3 is 6.18 Å². The molecule has 1 N–H and O–H groups in total. The molecule has 0 aromatic carbocycles. The molecule has 0 saturated heterocycles. The summed E-state index contributed by atoms with van der Waals surface area (Å²) < 4.78 is 61.0. The highest BCUT2D eigenvalue weighted by atomic mass is 32.2. The molecule has 2 atom stereocenters. The van der Waals surface area contributed by atoms with Crippen molar-refractivity contribution < 1.29 is 21.6 Å². The Hall–Kier alpha value is -0.670. The predicted molar refractivity (Wildman–Crippen MR) is 72.5 cm³/mol. The maximum Gasteiger partial charge on any atom is 0.443 e. The van der Waals surface area contributed by atoms with Crippen LogP contribution in [0.4, 0.5) is 13.2 Å². The second-order valence-electron chi connectivity index (χ2n) is 4.53. The quantitative estimate of drug-likeness (QED) is 0.871. The molecule has 0 bridgehead atoms. The summed E-state index contributed by atoms with van der Waals surface area (Å²) in [5.74, 6) is 0. The molecule has 1 heterocycles. The van der Waals surface area contributed by atoms with Crippen LogP contribution >= 0.6 is 11.3 Å². The third-order valence-electron chi connectivity index (χ3n) is 2.83. The van der Waals surface area contributed by atoms with Crippen LogP contribution in [-0.2, 0) is 16.0 Å². The molecule has 4 nitrogen and oxygen atoms in total. The van der Waals surface area contributed by atoms with E-state index >= 15 is 0 Å². The van der Waals surface area contributed by atoms with E-state index in [4.69, 9.17) is 0 Å². The number of halogens is 3. The number of hydrogen-bond donors (Lipinski definition) is 1. The zero-order valence-electron chi connectivity index (χ0n) is 11.4. The van der Waals surface area contributed by atoms with Gasteiger partial charge in [-0.3, -0.25) is 0 Å². The normalized spacial score (nSPS) is 16.1. The van der Waals surface area contributed by atoms with E-state index in [0.29, 0.717) is 17.9 Å². The van der Waals surface area contributed by atoms with Crippen LogP contribution in [0.3, 0.4) is 0 Å². The molecule has 20 heavy (non-hydrogen) atoms.